The van der Waals surface area contributed by atoms with E-state index >= 15 is 0 Å². The van der Waals surface area contributed by atoms with Crippen LogP contribution in [0, 0.1) is 13.8 Å². The number of benzene rings is 2. The van der Waals surface area contributed by atoms with Gasteiger partial charge in [0.1, 0.15) is 18.5 Å². The van der Waals surface area contributed by atoms with Crippen LogP contribution < -0.4 is 14.4 Å². The summed E-state index contributed by atoms with van der Waals surface area (Å²) >= 11 is 7.10. The summed E-state index contributed by atoms with van der Waals surface area (Å²) in [6.07, 6.45) is 12.1. The van der Waals surface area contributed by atoms with Gasteiger partial charge in [-0.1, -0.05) is 37.6 Å². The van der Waals surface area contributed by atoms with Crippen LogP contribution in [0.2, 0.25) is 0 Å². The number of rotatable bonds is 5. The van der Waals surface area contributed by atoms with Crippen molar-refractivity contribution >= 4 is 28.7 Å². The van der Waals surface area contributed by atoms with Gasteiger partial charge in [-0.15, -0.1) is 0 Å². The number of hydrogen-bond donors (Lipinski definition) is 0. The first kappa shape index (κ1) is 29.3. The van der Waals surface area contributed by atoms with Gasteiger partial charge in [0.15, 0.2) is 5.71 Å². The molecule has 0 fully saturated rings. The number of methoxy groups -OCH3 is 2. The van der Waals surface area contributed by atoms with Crippen molar-refractivity contribution in [1.29, 1.82) is 0 Å². The Kier molecular flexibility index (Phi) is 7.53. The SMILES string of the molecule is COc1cc(C)c2c(c1)C(C)(C)C(/C=C/C1=C(Cl)C(=C\C=C3/N(C)c4c(C)cc(OC)cc4C3(C)C)/CCC1)=[N+]2C. The van der Waals surface area contributed by atoms with E-state index in [1.165, 1.54) is 56.2 Å². The van der Waals surface area contributed by atoms with E-state index in [9.17, 15) is 0 Å². The number of hydrogen-bond acceptors (Lipinski definition) is 3. The van der Waals surface area contributed by atoms with E-state index < -0.39 is 0 Å². The Morgan fingerprint density at radius 1 is 0.854 bits per heavy atom. The van der Waals surface area contributed by atoms with E-state index in [1.54, 1.807) is 14.2 Å². The van der Waals surface area contributed by atoms with Gasteiger partial charge in [-0.3, -0.25) is 0 Å². The predicted molar refractivity (Wildman–Crippen MR) is 173 cm³/mol. The zero-order chi connectivity index (χ0) is 29.9. The third-order valence-electron chi connectivity index (χ3n) is 9.38. The lowest BCUT2D eigenvalue weighted by atomic mass is 9.80. The highest BCUT2D eigenvalue weighted by molar-refractivity contribution is 6.32. The van der Waals surface area contributed by atoms with Crippen molar-refractivity contribution in [3.05, 3.63) is 92.7 Å². The molecular weight excluding hydrogens is 528 g/mol. The fourth-order valence-electron chi connectivity index (χ4n) is 7.13. The van der Waals surface area contributed by atoms with Crippen molar-refractivity contribution in [1.82, 2.24) is 0 Å². The quantitative estimate of drug-likeness (QED) is 0.335. The van der Waals surface area contributed by atoms with Crippen LogP contribution in [0.5, 0.6) is 11.5 Å². The average molecular weight is 572 g/mol. The fraction of sp³-hybridized carbons (Fsp3) is 0.417. The number of likely N-dealkylation sites (N-methyl/N-ethyl adjacent to an activating group) is 1. The summed E-state index contributed by atoms with van der Waals surface area (Å²) in [6.45, 7) is 13.5. The van der Waals surface area contributed by atoms with Crippen molar-refractivity contribution in [2.45, 2.75) is 71.6 Å². The Labute approximate surface area is 251 Å². The molecule has 2 aliphatic heterocycles. The molecule has 0 saturated heterocycles. The first-order valence-electron chi connectivity index (χ1n) is 14.5. The molecule has 41 heavy (non-hydrogen) atoms. The number of aryl methyl sites for hydroxylation is 2. The predicted octanol–water partition coefficient (Wildman–Crippen LogP) is 8.80. The third-order valence-corrected chi connectivity index (χ3v) is 9.87. The third kappa shape index (κ3) is 4.74. The van der Waals surface area contributed by atoms with Gasteiger partial charge in [0.2, 0.25) is 5.69 Å². The molecule has 0 saturated carbocycles. The Hall–Kier alpha value is -3.24. The molecule has 5 heteroatoms. The van der Waals surface area contributed by atoms with Gasteiger partial charge >= 0.3 is 0 Å². The van der Waals surface area contributed by atoms with Gasteiger partial charge in [0.05, 0.1) is 19.6 Å². The summed E-state index contributed by atoms with van der Waals surface area (Å²) < 4.78 is 13.5. The largest absolute Gasteiger partial charge is 0.497 e. The molecule has 216 valence electrons. The first-order valence-corrected chi connectivity index (χ1v) is 14.9. The molecule has 0 amide bonds. The van der Waals surface area contributed by atoms with Crippen molar-refractivity contribution in [2.75, 3.05) is 33.2 Å². The highest BCUT2D eigenvalue weighted by Crippen LogP contribution is 2.50. The minimum Gasteiger partial charge on any atom is -0.497 e. The lowest BCUT2D eigenvalue weighted by Gasteiger charge is -2.24. The Balaban J connectivity index is 1.47. The molecule has 4 nitrogen and oxygen atoms in total. The molecule has 0 N–H and O–H groups in total. The summed E-state index contributed by atoms with van der Waals surface area (Å²) in [4.78, 5) is 2.33. The summed E-state index contributed by atoms with van der Waals surface area (Å²) in [7, 11) is 7.80. The van der Waals surface area contributed by atoms with E-state index in [1.807, 2.05) is 0 Å². The standard InChI is InChI=1S/C36H44ClN2O2/c1-22-18-26(40-9)20-28-33(22)38(7)30(35(28,3)4)16-14-24-12-11-13-25(32(24)37)15-17-31-36(5,6)29-21-27(41-10)19-23(2)34(29)39(31)8/h14-21H,11-13H2,1-10H3/q+1. The molecule has 0 unspecified atom stereocenters. The topological polar surface area (TPSA) is 24.7 Å². The Bertz CT molecular complexity index is 1580. The maximum Gasteiger partial charge on any atom is 0.212 e. The summed E-state index contributed by atoms with van der Waals surface area (Å²) in [5.74, 6) is 1.81. The summed E-state index contributed by atoms with van der Waals surface area (Å²) in [5.41, 5.74) is 12.2. The maximum absolute atomic E-state index is 7.10. The van der Waals surface area contributed by atoms with Crippen molar-refractivity contribution in [3.8, 4) is 11.5 Å². The van der Waals surface area contributed by atoms with Crippen LogP contribution in [-0.4, -0.2) is 38.6 Å². The molecule has 2 heterocycles. The molecule has 2 aromatic rings. The monoisotopic (exact) mass is 571 g/mol. The normalized spacial score (nSPS) is 21.4. The van der Waals surface area contributed by atoms with Crippen LogP contribution >= 0.6 is 11.6 Å². The number of fused-ring (bicyclic) bond motifs is 2. The van der Waals surface area contributed by atoms with Gasteiger partial charge in [0, 0.05) is 46.1 Å². The second kappa shape index (κ2) is 10.5. The number of halogens is 1. The Morgan fingerprint density at radius 2 is 1.49 bits per heavy atom. The second-order valence-corrected chi connectivity index (χ2v) is 13.1. The molecule has 5 rings (SSSR count). The highest BCUT2D eigenvalue weighted by Gasteiger charge is 2.44. The first-order chi connectivity index (χ1) is 19.3. The van der Waals surface area contributed by atoms with Crippen LogP contribution in [-0.2, 0) is 10.8 Å². The van der Waals surface area contributed by atoms with E-state index in [0.29, 0.717) is 0 Å². The van der Waals surface area contributed by atoms with Gasteiger partial charge < -0.3 is 14.4 Å². The molecular formula is C36H44ClN2O2+. The molecule has 3 aliphatic rings. The van der Waals surface area contributed by atoms with Crippen LogP contribution in [0.1, 0.15) is 69.2 Å². The van der Waals surface area contributed by atoms with Crippen LogP contribution in [0.15, 0.2) is 70.4 Å². The van der Waals surface area contributed by atoms with Crippen LogP contribution in [0.4, 0.5) is 11.4 Å². The van der Waals surface area contributed by atoms with Crippen molar-refractivity contribution in [3.63, 3.8) is 0 Å². The lowest BCUT2D eigenvalue weighted by Crippen LogP contribution is -2.26. The minimum atomic E-state index is -0.140. The summed E-state index contributed by atoms with van der Waals surface area (Å²) in [6, 6.07) is 8.59. The van der Waals surface area contributed by atoms with Gasteiger partial charge in [-0.2, -0.15) is 4.58 Å². The number of ether oxygens (including phenoxy) is 2. The van der Waals surface area contributed by atoms with E-state index in [4.69, 9.17) is 21.1 Å². The maximum atomic E-state index is 7.10. The highest BCUT2D eigenvalue weighted by atomic mass is 35.5. The minimum absolute atomic E-state index is 0.140. The van der Waals surface area contributed by atoms with Crippen molar-refractivity contribution < 1.29 is 14.0 Å². The average Bonchev–Trinajstić information content (AvgIpc) is 3.24. The lowest BCUT2D eigenvalue weighted by molar-refractivity contribution is -0.402. The van der Waals surface area contributed by atoms with Gasteiger partial charge in [-0.25, -0.2) is 0 Å². The van der Waals surface area contributed by atoms with E-state index in [2.05, 4.69) is 114 Å². The van der Waals surface area contributed by atoms with Gasteiger partial charge in [0.25, 0.3) is 0 Å². The van der Waals surface area contributed by atoms with E-state index in [-0.39, 0.29) is 10.8 Å². The molecule has 0 spiro atoms. The molecule has 0 bridgehead atoms. The number of allylic oxidation sites excluding steroid dienone is 8. The van der Waals surface area contributed by atoms with E-state index in [0.717, 1.165) is 35.8 Å². The molecule has 1 aliphatic carbocycles. The van der Waals surface area contributed by atoms with Crippen LogP contribution in [0.3, 0.4) is 0 Å². The van der Waals surface area contributed by atoms with Gasteiger partial charge in [-0.05, 0) is 99.6 Å². The molecule has 0 radical (unpaired) electrons. The molecule has 0 aromatic heterocycles. The number of nitrogens with zero attached hydrogens (tertiary/aromatic N) is 2. The van der Waals surface area contributed by atoms with Crippen molar-refractivity contribution in [2.24, 2.45) is 0 Å². The van der Waals surface area contributed by atoms with Crippen LogP contribution in [0.25, 0.3) is 0 Å². The molecule has 2 aromatic carbocycles. The molecule has 0 atom stereocenters. The second-order valence-electron chi connectivity index (χ2n) is 12.7. The summed E-state index contributed by atoms with van der Waals surface area (Å²) in [5, 5.41) is 0.882. The Morgan fingerprint density at radius 3 is 2.15 bits per heavy atom. The fourth-order valence-corrected chi connectivity index (χ4v) is 7.45. The zero-order valence-corrected chi connectivity index (χ0v) is 27.1. The zero-order valence-electron chi connectivity index (χ0n) is 26.3. The number of anilines is 1. The smallest absolute Gasteiger partial charge is 0.212 e.